The van der Waals surface area contributed by atoms with Gasteiger partial charge in [0.05, 0.1) is 44.1 Å². The molecule has 9 nitrogen and oxygen atoms in total. The molecule has 2 aliphatic heterocycles. The van der Waals surface area contributed by atoms with Crippen LogP contribution in [-0.4, -0.2) is 102 Å². The normalized spacial score (nSPS) is 50.5. The Bertz CT molecular complexity index is 1300. The lowest BCUT2D eigenvalue weighted by Crippen LogP contribution is -2.60. The molecule has 2 heterocycles. The number of carboxylic acids is 1. The van der Waals surface area contributed by atoms with Crippen LogP contribution in [0.5, 0.6) is 0 Å². The highest BCUT2D eigenvalue weighted by molar-refractivity contribution is 5.76. The van der Waals surface area contributed by atoms with Crippen molar-refractivity contribution < 1.29 is 34.0 Å². The van der Waals surface area contributed by atoms with E-state index >= 15 is 0 Å². The second kappa shape index (κ2) is 11.4. The van der Waals surface area contributed by atoms with E-state index in [1.807, 2.05) is 16.8 Å². The molecule has 0 radical (unpaired) electrons. The summed E-state index contributed by atoms with van der Waals surface area (Å²) in [6.45, 7) is 14.5. The second-order valence-electron chi connectivity index (χ2n) is 19.1. The number of nitrogens with zero attached hydrogens (tertiary/aromatic N) is 2. The molecule has 2 N–H and O–H groups in total. The Kier molecular flexibility index (Phi) is 8.02. The maximum Gasteiger partial charge on any atom is 0.317 e. The van der Waals surface area contributed by atoms with Crippen molar-refractivity contribution in [2.75, 3.05) is 39.8 Å². The molecule has 1 amide bonds. The van der Waals surface area contributed by atoms with Gasteiger partial charge in [-0.3, -0.25) is 14.5 Å². The molecule has 9 heteroatoms. The lowest BCUT2D eigenvalue weighted by Gasteiger charge is -2.64. The van der Waals surface area contributed by atoms with E-state index in [0.717, 1.165) is 25.7 Å². The highest BCUT2D eigenvalue weighted by Gasteiger charge is 2.84. The second-order valence-corrected chi connectivity index (χ2v) is 19.1. The summed E-state index contributed by atoms with van der Waals surface area (Å²) < 4.78 is 19.8. The van der Waals surface area contributed by atoms with Gasteiger partial charge in [0.25, 0.3) is 0 Å². The number of aliphatic carboxylic acids is 1. The molecule has 0 aromatic heterocycles. The number of carbonyl (C=O) groups excluding carboxylic acids is 1. The number of carboxylic acid groups (broad SMARTS) is 1. The number of hydrogen-bond acceptors (Lipinski definition) is 7. The average molecular weight is 671 g/mol. The van der Waals surface area contributed by atoms with E-state index in [1.54, 1.807) is 0 Å². The van der Waals surface area contributed by atoms with Gasteiger partial charge < -0.3 is 29.3 Å². The number of aliphatic hydroxyl groups excluding tert-OH is 1. The van der Waals surface area contributed by atoms with E-state index in [1.165, 1.54) is 38.5 Å². The number of fused-ring (bicyclic) bond motifs is 4. The van der Waals surface area contributed by atoms with Gasteiger partial charge in [-0.2, -0.15) is 0 Å². The first-order valence-electron chi connectivity index (χ1n) is 19.4. The van der Waals surface area contributed by atoms with Crippen LogP contribution in [0.15, 0.2) is 0 Å². The largest absolute Gasteiger partial charge is 0.480 e. The minimum absolute atomic E-state index is 0.00257. The standard InChI is InChI=1S/C39H62N2O7/c1-23-17-25(19-40(6)20-30(43)44)47-33-32(23)36(4)13-14-39-22-38(39)12-11-28(35(2,3)26(38)9-10-27(39)37(36,5)34(33)45)48-31-21-41(15-16-46-31)29(42)18-24-7-8-24/h23-28,31-34,45H,7-22H2,1-6H3,(H,43,44)/t23-,25?,26+,27?,28+,31+,32+,33?,34+,36-,37-,38-,39+/m1/s1. The summed E-state index contributed by atoms with van der Waals surface area (Å²) in [5, 5.41) is 21.8. The molecule has 270 valence electrons. The fourth-order valence-corrected chi connectivity index (χ4v) is 14.2. The number of carbonyl (C=O) groups is 2. The van der Waals surface area contributed by atoms with Crippen molar-refractivity contribution in [1.82, 2.24) is 9.80 Å². The summed E-state index contributed by atoms with van der Waals surface area (Å²) in [6, 6.07) is 0. The van der Waals surface area contributed by atoms with Gasteiger partial charge >= 0.3 is 5.97 Å². The molecule has 2 spiro atoms. The van der Waals surface area contributed by atoms with E-state index in [-0.39, 0.29) is 58.7 Å². The van der Waals surface area contributed by atoms with Crippen LogP contribution in [0.4, 0.5) is 0 Å². The van der Waals surface area contributed by atoms with Gasteiger partial charge in [-0.15, -0.1) is 0 Å². The molecule has 13 atom stereocenters. The van der Waals surface area contributed by atoms with Crippen molar-refractivity contribution in [3.8, 4) is 0 Å². The Balaban J connectivity index is 0.985. The highest BCUT2D eigenvalue weighted by Crippen LogP contribution is 2.89. The zero-order chi connectivity index (χ0) is 34.0. The monoisotopic (exact) mass is 670 g/mol. The van der Waals surface area contributed by atoms with Gasteiger partial charge in [0.2, 0.25) is 5.91 Å². The van der Waals surface area contributed by atoms with Crippen molar-refractivity contribution in [1.29, 1.82) is 0 Å². The maximum atomic E-state index is 12.9. The molecule has 8 fully saturated rings. The molecule has 6 aliphatic carbocycles. The van der Waals surface area contributed by atoms with Crippen LogP contribution in [0.3, 0.4) is 0 Å². The predicted molar refractivity (Wildman–Crippen MR) is 180 cm³/mol. The molecule has 8 aliphatic rings. The van der Waals surface area contributed by atoms with E-state index in [0.29, 0.717) is 67.7 Å². The van der Waals surface area contributed by atoms with Crippen molar-refractivity contribution in [3.63, 3.8) is 0 Å². The summed E-state index contributed by atoms with van der Waals surface area (Å²) in [4.78, 5) is 28.1. The van der Waals surface area contributed by atoms with Crippen molar-refractivity contribution in [3.05, 3.63) is 0 Å². The topological polar surface area (TPSA) is 109 Å². The fourth-order valence-electron chi connectivity index (χ4n) is 14.2. The molecule has 2 saturated heterocycles. The Labute approximate surface area is 287 Å². The third-order valence-corrected chi connectivity index (χ3v) is 16.6. The van der Waals surface area contributed by atoms with Crippen LogP contribution in [-0.2, 0) is 23.8 Å². The van der Waals surface area contributed by atoms with E-state index in [9.17, 15) is 19.8 Å². The highest BCUT2D eigenvalue weighted by atomic mass is 16.7. The summed E-state index contributed by atoms with van der Waals surface area (Å²) in [7, 11) is 1.85. The van der Waals surface area contributed by atoms with Gasteiger partial charge in [0.15, 0.2) is 6.29 Å². The third kappa shape index (κ3) is 4.79. The smallest absolute Gasteiger partial charge is 0.317 e. The van der Waals surface area contributed by atoms with Crippen LogP contribution in [0.2, 0.25) is 0 Å². The van der Waals surface area contributed by atoms with Crippen molar-refractivity contribution in [2.45, 2.75) is 136 Å². The predicted octanol–water partition coefficient (Wildman–Crippen LogP) is 5.19. The molecule has 0 bridgehead atoms. The van der Waals surface area contributed by atoms with Crippen molar-refractivity contribution >= 4 is 11.9 Å². The number of rotatable bonds is 8. The minimum atomic E-state index is -0.821. The Morgan fingerprint density at radius 3 is 2.46 bits per heavy atom. The van der Waals surface area contributed by atoms with Crippen LogP contribution < -0.4 is 0 Å². The molecule has 48 heavy (non-hydrogen) atoms. The van der Waals surface area contributed by atoms with Crippen LogP contribution in [0.25, 0.3) is 0 Å². The molecule has 6 saturated carbocycles. The molecular weight excluding hydrogens is 608 g/mol. The van der Waals surface area contributed by atoms with E-state index in [4.69, 9.17) is 14.2 Å². The van der Waals surface area contributed by atoms with Crippen LogP contribution in [0, 0.1) is 56.7 Å². The van der Waals surface area contributed by atoms with Crippen LogP contribution in [0.1, 0.15) is 105 Å². The van der Waals surface area contributed by atoms with Gasteiger partial charge in [-0.05, 0) is 123 Å². The molecule has 0 aromatic carbocycles. The van der Waals surface area contributed by atoms with E-state index < -0.39 is 12.1 Å². The van der Waals surface area contributed by atoms with Gasteiger partial charge in [0.1, 0.15) is 0 Å². The Morgan fingerprint density at radius 2 is 1.73 bits per heavy atom. The summed E-state index contributed by atoms with van der Waals surface area (Å²) >= 11 is 0. The number of hydrogen-bond donors (Lipinski definition) is 2. The molecule has 8 rings (SSSR count). The average Bonchev–Trinajstić information content (AvgIpc) is 3.93. The third-order valence-electron chi connectivity index (χ3n) is 16.6. The van der Waals surface area contributed by atoms with Gasteiger partial charge in [0, 0.05) is 24.9 Å². The number of ether oxygens (including phenoxy) is 3. The summed E-state index contributed by atoms with van der Waals surface area (Å²) in [5.41, 5.74) is 0.393. The number of aliphatic hydroxyl groups is 1. The Hall–Kier alpha value is -1.26. The lowest BCUT2D eigenvalue weighted by atomic mass is 9.41. The number of morpholine rings is 1. The van der Waals surface area contributed by atoms with Crippen molar-refractivity contribution in [2.24, 2.45) is 56.7 Å². The zero-order valence-electron chi connectivity index (χ0n) is 30.4. The number of amides is 1. The van der Waals surface area contributed by atoms with Crippen LogP contribution >= 0.6 is 0 Å². The molecule has 0 aromatic rings. The maximum absolute atomic E-state index is 12.9. The fraction of sp³-hybridized carbons (Fsp3) is 0.949. The van der Waals surface area contributed by atoms with E-state index in [2.05, 4.69) is 34.6 Å². The first kappa shape index (κ1) is 33.9. The summed E-state index contributed by atoms with van der Waals surface area (Å²) in [6.07, 6.45) is 11.2. The Morgan fingerprint density at radius 1 is 1.00 bits per heavy atom. The zero-order valence-corrected chi connectivity index (χ0v) is 30.4. The first-order chi connectivity index (χ1) is 22.7. The quantitative estimate of drug-likeness (QED) is 0.364. The van der Waals surface area contributed by atoms with Gasteiger partial charge in [-0.1, -0.05) is 34.6 Å². The molecular formula is C39H62N2O7. The van der Waals surface area contributed by atoms with Gasteiger partial charge in [-0.25, -0.2) is 0 Å². The minimum Gasteiger partial charge on any atom is -0.480 e. The number of likely N-dealkylation sites (N-methyl/N-ethyl adjacent to an activating group) is 1. The summed E-state index contributed by atoms with van der Waals surface area (Å²) in [5.74, 6) is 1.82. The first-order valence-corrected chi connectivity index (χ1v) is 19.4. The lowest BCUT2D eigenvalue weighted by molar-refractivity contribution is -0.248. The molecule has 3 unspecified atom stereocenters. The SMILES string of the molecule is C[C@@H]1CC(CN(C)CC(=O)O)OC2[C@H]1[C@@]1(C)CC[C@@]34C[C@@]35CC[C@H](O[C@H]3CN(C(=O)CC6CC6)CCO3)C(C)(C)[C@@H]5CCC4[C@]1(C)[C@H]2O.